The van der Waals surface area contributed by atoms with E-state index in [0.717, 1.165) is 31.7 Å². The maximum Gasteiger partial charge on any atom is 0.190 e. The summed E-state index contributed by atoms with van der Waals surface area (Å²) in [6.07, 6.45) is 2.07. The van der Waals surface area contributed by atoms with Gasteiger partial charge in [0.15, 0.2) is 10.3 Å². The highest BCUT2D eigenvalue weighted by molar-refractivity contribution is 7.98. The first kappa shape index (κ1) is 15.7. The van der Waals surface area contributed by atoms with E-state index in [1.165, 1.54) is 9.60 Å². The molecule has 0 aliphatic heterocycles. The van der Waals surface area contributed by atoms with Crippen LogP contribution in [0.5, 0.6) is 5.75 Å². The van der Waals surface area contributed by atoms with E-state index in [2.05, 4.69) is 34.8 Å². The van der Waals surface area contributed by atoms with Gasteiger partial charge in [-0.2, -0.15) is 0 Å². The number of anilines is 2. The number of benzene rings is 2. The molecule has 0 bridgehead atoms. The highest BCUT2D eigenvalue weighted by Crippen LogP contribution is 2.36. The smallest absolute Gasteiger partial charge is 0.190 e. The van der Waals surface area contributed by atoms with E-state index < -0.39 is 0 Å². The van der Waals surface area contributed by atoms with Crippen LogP contribution in [0.4, 0.5) is 10.3 Å². The van der Waals surface area contributed by atoms with Crippen LogP contribution >= 0.6 is 34.4 Å². The fourth-order valence-electron chi connectivity index (χ4n) is 2.45. The van der Waals surface area contributed by atoms with Gasteiger partial charge in [-0.1, -0.05) is 28.7 Å². The van der Waals surface area contributed by atoms with Crippen molar-refractivity contribution in [3.63, 3.8) is 0 Å². The predicted molar refractivity (Wildman–Crippen MR) is 105 cm³/mol. The Morgan fingerprint density at radius 3 is 2.75 bits per heavy atom. The third-order valence-electron chi connectivity index (χ3n) is 3.49. The zero-order valence-corrected chi connectivity index (χ0v) is 15.6. The van der Waals surface area contributed by atoms with Gasteiger partial charge in [-0.25, -0.2) is 9.97 Å². The van der Waals surface area contributed by atoms with Crippen LogP contribution in [0.25, 0.3) is 20.4 Å². The summed E-state index contributed by atoms with van der Waals surface area (Å²) >= 11 is 4.98. The van der Waals surface area contributed by atoms with Crippen LogP contribution < -0.4 is 10.1 Å². The number of hydrogen-bond acceptors (Lipinski definition) is 7. The van der Waals surface area contributed by atoms with Crippen molar-refractivity contribution >= 4 is 65.1 Å². The molecular weight excluding hydrogens is 358 g/mol. The summed E-state index contributed by atoms with van der Waals surface area (Å²) in [7, 11) is 0. The van der Waals surface area contributed by atoms with E-state index in [1.54, 1.807) is 34.4 Å². The Morgan fingerprint density at radius 1 is 1.08 bits per heavy atom. The number of nitrogens with one attached hydrogen (secondary N) is 1. The maximum atomic E-state index is 5.55. The van der Waals surface area contributed by atoms with Crippen molar-refractivity contribution in [1.82, 2.24) is 9.97 Å². The van der Waals surface area contributed by atoms with Crippen molar-refractivity contribution < 1.29 is 4.74 Å². The maximum absolute atomic E-state index is 5.55. The van der Waals surface area contributed by atoms with Gasteiger partial charge in [-0.05, 0) is 43.5 Å². The minimum absolute atomic E-state index is 0.666. The van der Waals surface area contributed by atoms with Gasteiger partial charge >= 0.3 is 0 Å². The molecule has 0 amide bonds. The van der Waals surface area contributed by atoms with E-state index in [9.17, 15) is 0 Å². The van der Waals surface area contributed by atoms with Crippen molar-refractivity contribution in [2.45, 2.75) is 11.8 Å². The van der Waals surface area contributed by atoms with Gasteiger partial charge in [-0.3, -0.25) is 0 Å². The molecule has 0 radical (unpaired) electrons. The summed E-state index contributed by atoms with van der Waals surface area (Å²) in [6.45, 7) is 2.65. The molecule has 0 saturated heterocycles. The number of nitrogens with zero attached hydrogens (tertiary/aromatic N) is 2. The van der Waals surface area contributed by atoms with Crippen LogP contribution in [0.1, 0.15) is 6.92 Å². The van der Waals surface area contributed by atoms with Gasteiger partial charge in [0, 0.05) is 4.90 Å². The highest BCUT2D eigenvalue weighted by atomic mass is 32.2. The lowest BCUT2D eigenvalue weighted by atomic mass is 10.3. The number of aromatic nitrogens is 2. The number of hydrogen-bond donors (Lipinski definition) is 1. The molecule has 7 heteroatoms. The average Bonchev–Trinajstić information content (AvgIpc) is 3.17. The largest absolute Gasteiger partial charge is 0.494 e. The van der Waals surface area contributed by atoms with Gasteiger partial charge in [0.2, 0.25) is 0 Å². The molecule has 4 rings (SSSR count). The molecule has 0 aliphatic carbocycles. The molecule has 122 valence electrons. The van der Waals surface area contributed by atoms with Crippen molar-refractivity contribution in [3.05, 3.63) is 36.4 Å². The van der Waals surface area contributed by atoms with Crippen LogP contribution in [-0.4, -0.2) is 22.8 Å². The Balaban J connectivity index is 1.66. The SMILES string of the molecule is CCOc1ccc2nc(Nc3nc4c(SC)cccc4s3)sc2c1. The van der Waals surface area contributed by atoms with Crippen LogP contribution in [0, 0.1) is 0 Å². The van der Waals surface area contributed by atoms with Gasteiger partial charge in [0.05, 0.1) is 27.0 Å². The van der Waals surface area contributed by atoms with Gasteiger partial charge in [0.25, 0.3) is 0 Å². The molecule has 4 nitrogen and oxygen atoms in total. The van der Waals surface area contributed by atoms with E-state index in [1.807, 2.05) is 25.1 Å². The summed E-state index contributed by atoms with van der Waals surface area (Å²) in [4.78, 5) is 10.6. The van der Waals surface area contributed by atoms with Crippen LogP contribution in [0.3, 0.4) is 0 Å². The second-order valence-electron chi connectivity index (χ2n) is 5.03. The van der Waals surface area contributed by atoms with Crippen molar-refractivity contribution in [2.24, 2.45) is 0 Å². The molecule has 1 N–H and O–H groups in total. The first-order chi connectivity index (χ1) is 11.8. The van der Waals surface area contributed by atoms with Crippen molar-refractivity contribution in [2.75, 3.05) is 18.2 Å². The molecule has 0 atom stereocenters. The van der Waals surface area contributed by atoms with E-state index in [-0.39, 0.29) is 0 Å². The topological polar surface area (TPSA) is 47.0 Å². The zero-order valence-electron chi connectivity index (χ0n) is 13.2. The lowest BCUT2D eigenvalue weighted by molar-refractivity contribution is 0.341. The minimum Gasteiger partial charge on any atom is -0.494 e. The third-order valence-corrected chi connectivity index (χ3v) is 6.13. The summed E-state index contributed by atoms with van der Waals surface area (Å²) in [5.74, 6) is 0.879. The average molecular weight is 374 g/mol. The highest BCUT2D eigenvalue weighted by Gasteiger charge is 2.10. The van der Waals surface area contributed by atoms with E-state index >= 15 is 0 Å². The molecule has 0 saturated carbocycles. The first-order valence-electron chi connectivity index (χ1n) is 7.51. The molecule has 0 unspecified atom stereocenters. The lowest BCUT2D eigenvalue weighted by Gasteiger charge is -2.00. The molecule has 2 aromatic carbocycles. The Labute approximate surface area is 151 Å². The molecule has 0 spiro atoms. The normalized spacial score (nSPS) is 11.2. The lowest BCUT2D eigenvalue weighted by Crippen LogP contribution is -1.90. The van der Waals surface area contributed by atoms with Gasteiger partial charge < -0.3 is 10.1 Å². The summed E-state index contributed by atoms with van der Waals surface area (Å²) < 4.78 is 7.84. The fourth-order valence-corrected chi connectivity index (χ4v) is 4.93. The second-order valence-corrected chi connectivity index (χ2v) is 7.94. The summed E-state index contributed by atoms with van der Waals surface area (Å²) in [5.41, 5.74) is 2.02. The van der Waals surface area contributed by atoms with E-state index in [0.29, 0.717) is 6.61 Å². The number of rotatable bonds is 5. The summed E-state index contributed by atoms with van der Waals surface area (Å²) in [5, 5.41) is 5.07. The second kappa shape index (κ2) is 6.58. The Hall–Kier alpha value is -1.83. The number of ether oxygens (including phenoxy) is 1. The number of para-hydroxylation sites is 1. The monoisotopic (exact) mass is 373 g/mol. The van der Waals surface area contributed by atoms with Crippen LogP contribution in [0.15, 0.2) is 41.3 Å². The molecule has 0 fully saturated rings. The Bertz CT molecular complexity index is 1010. The minimum atomic E-state index is 0.666. The fraction of sp³-hybridized carbons (Fsp3) is 0.176. The third kappa shape index (κ3) is 2.94. The molecule has 2 heterocycles. The van der Waals surface area contributed by atoms with Crippen molar-refractivity contribution in [3.8, 4) is 5.75 Å². The molecule has 2 aromatic heterocycles. The molecular formula is C17H15N3OS3. The first-order valence-corrected chi connectivity index (χ1v) is 10.4. The Kier molecular flexibility index (Phi) is 4.30. The van der Waals surface area contributed by atoms with Gasteiger partial charge in [0.1, 0.15) is 5.75 Å². The quantitative estimate of drug-likeness (QED) is 0.450. The van der Waals surface area contributed by atoms with Crippen LogP contribution in [0.2, 0.25) is 0 Å². The summed E-state index contributed by atoms with van der Waals surface area (Å²) in [6, 6.07) is 12.3. The zero-order chi connectivity index (χ0) is 16.5. The molecule has 0 aliphatic rings. The van der Waals surface area contributed by atoms with E-state index in [4.69, 9.17) is 9.72 Å². The number of thiazole rings is 2. The number of fused-ring (bicyclic) bond motifs is 2. The Morgan fingerprint density at radius 2 is 1.92 bits per heavy atom. The standard InChI is InChI=1S/C17H15N3OS3/c1-3-21-10-7-8-11-14(9-10)24-16(18-11)20-17-19-15-12(22-2)5-4-6-13(15)23-17/h4-9H,3H2,1-2H3,(H,18,19,20). The predicted octanol–water partition coefficient (Wildman–Crippen LogP) is 5.77. The molecule has 4 aromatic rings. The van der Waals surface area contributed by atoms with Crippen LogP contribution in [-0.2, 0) is 0 Å². The number of thioether (sulfide) groups is 1. The van der Waals surface area contributed by atoms with Crippen molar-refractivity contribution in [1.29, 1.82) is 0 Å². The molecule has 24 heavy (non-hydrogen) atoms. The van der Waals surface area contributed by atoms with Gasteiger partial charge in [-0.15, -0.1) is 11.8 Å².